The van der Waals surface area contributed by atoms with Crippen molar-refractivity contribution in [2.75, 3.05) is 0 Å². The van der Waals surface area contributed by atoms with Crippen LogP contribution in [-0.2, 0) is 14.8 Å². The van der Waals surface area contributed by atoms with Crippen LogP contribution in [0.25, 0.3) is 22.4 Å². The third-order valence-electron chi connectivity index (χ3n) is 7.61. The molecule has 1 aromatic heterocycles. The molecule has 5 rings (SSSR count). The molecule has 2 aliphatic carbocycles. The Morgan fingerprint density at radius 3 is 2.33 bits per heavy atom. The van der Waals surface area contributed by atoms with E-state index < -0.39 is 16.1 Å². The number of nitrogens with zero attached hydrogens (tertiary/aromatic N) is 2. The molecule has 2 saturated carbocycles. The van der Waals surface area contributed by atoms with Crippen molar-refractivity contribution in [3.8, 4) is 11.4 Å². The molecule has 2 fully saturated rings. The number of amides is 1. The van der Waals surface area contributed by atoms with E-state index in [1.54, 1.807) is 12.1 Å². The van der Waals surface area contributed by atoms with Crippen LogP contribution in [0.15, 0.2) is 53.4 Å². The van der Waals surface area contributed by atoms with Crippen LogP contribution >= 0.6 is 0 Å². The van der Waals surface area contributed by atoms with Crippen LogP contribution in [0.1, 0.15) is 71.7 Å². The monoisotopic (exact) mass is 530 g/mol. The maximum atomic E-state index is 14.0. The number of benzene rings is 2. The molecule has 1 heterocycles. The number of carbonyl (C=O) groups excluding carboxylic acids is 1. The van der Waals surface area contributed by atoms with E-state index >= 15 is 0 Å². The van der Waals surface area contributed by atoms with Crippen molar-refractivity contribution in [2.24, 2.45) is 11.1 Å². The molecule has 2 aliphatic rings. The lowest BCUT2D eigenvalue weighted by atomic mass is 9.82. The van der Waals surface area contributed by atoms with Crippen LogP contribution in [-0.4, -0.2) is 29.9 Å². The second kappa shape index (κ2) is 11.3. The van der Waals surface area contributed by atoms with E-state index in [2.05, 4.69) is 9.88 Å². The van der Waals surface area contributed by atoms with Gasteiger partial charge in [-0.25, -0.2) is 18.5 Å². The molecule has 0 radical (unpaired) electrons. The molecule has 1 unspecified atom stereocenters. The Morgan fingerprint density at radius 2 is 1.64 bits per heavy atom. The van der Waals surface area contributed by atoms with Gasteiger partial charge in [-0.1, -0.05) is 62.8 Å². The van der Waals surface area contributed by atoms with Crippen molar-refractivity contribution in [2.45, 2.75) is 81.2 Å². The predicted octanol–water partition coefficient (Wildman–Crippen LogP) is 2.04. The van der Waals surface area contributed by atoms with Gasteiger partial charge < -0.3 is 22.3 Å². The number of sulfonamides is 1. The summed E-state index contributed by atoms with van der Waals surface area (Å²) >= 11 is 0. The van der Waals surface area contributed by atoms with E-state index in [-0.39, 0.29) is 36.6 Å². The zero-order valence-electron chi connectivity index (χ0n) is 21.4. The smallest absolute Gasteiger partial charge is 1.00 e. The Labute approximate surface area is 220 Å². The number of halogens is 1. The lowest BCUT2D eigenvalue weighted by molar-refractivity contribution is -0.127. The molecule has 1 amide bonds. The van der Waals surface area contributed by atoms with Gasteiger partial charge in [0.1, 0.15) is 11.9 Å². The zero-order chi connectivity index (χ0) is 24.4. The first-order valence-electron chi connectivity index (χ1n) is 12.8. The minimum absolute atomic E-state index is 0. The van der Waals surface area contributed by atoms with Crippen molar-refractivity contribution in [1.82, 2.24) is 14.9 Å². The summed E-state index contributed by atoms with van der Waals surface area (Å²) in [5, 5.41) is 8.81. The number of rotatable bonds is 6. The summed E-state index contributed by atoms with van der Waals surface area (Å²) in [7, 11) is -3.87. The number of hydrogen-bond donors (Lipinski definition) is 2. The van der Waals surface area contributed by atoms with Gasteiger partial charge in [-0.3, -0.25) is 4.79 Å². The standard InChI is InChI=1S/C27H34N4O3S.ClH/c28-35(33,34)22-15-9-12-20(18-22)26-30-23-16-7-8-17-24(23)31(26)25(19-10-3-1-4-11-19)27(32)29-21-13-5-2-6-14-21;/h7-9,12,15-19,21,25H,1-6,10-11,13-14H2,(H,29,32)(H2,28,33,34);1H. The van der Waals surface area contributed by atoms with Gasteiger partial charge in [-0.15, -0.1) is 0 Å². The number of aromatic nitrogens is 2. The van der Waals surface area contributed by atoms with Crippen molar-refractivity contribution in [3.63, 3.8) is 0 Å². The highest BCUT2D eigenvalue weighted by Crippen LogP contribution is 2.39. The van der Waals surface area contributed by atoms with Crippen molar-refractivity contribution in [1.29, 1.82) is 0 Å². The number of nitrogens with two attached hydrogens (primary N) is 1. The molecule has 0 bridgehead atoms. The number of imidazole rings is 1. The quantitative estimate of drug-likeness (QED) is 0.508. The Morgan fingerprint density at radius 1 is 0.972 bits per heavy atom. The second-order valence-corrected chi connectivity index (χ2v) is 11.6. The van der Waals surface area contributed by atoms with Gasteiger partial charge in [-0.2, -0.15) is 0 Å². The van der Waals surface area contributed by atoms with Gasteiger partial charge >= 0.3 is 1.43 Å². The molecule has 9 heteroatoms. The number of primary sulfonamides is 1. The Kier molecular flexibility index (Phi) is 8.37. The number of para-hydroxylation sites is 2. The Hall–Kier alpha value is -2.42. The van der Waals surface area contributed by atoms with Crippen LogP contribution in [0.5, 0.6) is 0 Å². The van der Waals surface area contributed by atoms with Gasteiger partial charge in [-0.05, 0) is 55.9 Å². The van der Waals surface area contributed by atoms with Gasteiger partial charge in [0, 0.05) is 11.6 Å². The fourth-order valence-electron chi connectivity index (χ4n) is 5.87. The van der Waals surface area contributed by atoms with Crippen LogP contribution in [0.2, 0.25) is 0 Å². The van der Waals surface area contributed by atoms with E-state index in [0.717, 1.165) is 62.4 Å². The molecule has 3 aromatic rings. The predicted molar refractivity (Wildman–Crippen MR) is 138 cm³/mol. The maximum absolute atomic E-state index is 14.0. The van der Waals surface area contributed by atoms with E-state index in [1.165, 1.54) is 18.9 Å². The molecule has 1 atom stereocenters. The second-order valence-electron chi connectivity index (χ2n) is 10.1. The highest BCUT2D eigenvalue weighted by Gasteiger charge is 2.35. The maximum Gasteiger partial charge on any atom is 1.00 e. The summed E-state index contributed by atoms with van der Waals surface area (Å²) in [5.41, 5.74) is 2.31. The third kappa shape index (κ3) is 5.61. The lowest BCUT2D eigenvalue weighted by Crippen LogP contribution is -3.00. The minimum Gasteiger partial charge on any atom is -1.00 e. The normalized spacial score (nSPS) is 18.5. The molecular weight excluding hydrogens is 496 g/mol. The molecule has 3 N–H and O–H groups in total. The van der Waals surface area contributed by atoms with E-state index in [1.807, 2.05) is 30.3 Å². The molecule has 0 spiro atoms. The van der Waals surface area contributed by atoms with Crippen molar-refractivity contribution < 1.29 is 27.0 Å². The number of hydrogen-bond acceptors (Lipinski definition) is 4. The summed E-state index contributed by atoms with van der Waals surface area (Å²) < 4.78 is 26.2. The first-order chi connectivity index (χ1) is 16.9. The number of fused-ring (bicyclic) bond motifs is 1. The fourth-order valence-corrected chi connectivity index (χ4v) is 6.43. The Bertz CT molecular complexity index is 1320. The van der Waals surface area contributed by atoms with E-state index in [9.17, 15) is 13.2 Å². The topological polar surface area (TPSA) is 107 Å². The average molecular weight is 531 g/mol. The number of nitrogens with one attached hydrogen (secondary N) is 1. The minimum atomic E-state index is -3.87. The van der Waals surface area contributed by atoms with Gasteiger partial charge in [0.25, 0.3) is 0 Å². The van der Waals surface area contributed by atoms with Crippen LogP contribution < -0.4 is 22.9 Å². The molecule has 0 saturated heterocycles. The highest BCUT2D eigenvalue weighted by molar-refractivity contribution is 7.89. The Balaban J connectivity index is 0.00000190. The SMILES string of the molecule is NS(=O)(=O)c1cccc(-c2nc3ccccc3n2C(C(=O)NC2CCCCC2)C2CCCCC2)c1.[Cl-].[H+]. The summed E-state index contributed by atoms with van der Waals surface area (Å²) in [6, 6.07) is 14.2. The van der Waals surface area contributed by atoms with E-state index in [0.29, 0.717) is 11.4 Å². The molecule has 2 aromatic carbocycles. The highest BCUT2D eigenvalue weighted by atomic mass is 35.5. The largest absolute Gasteiger partial charge is 1.00 e. The molecule has 194 valence electrons. The summed E-state index contributed by atoms with van der Waals surface area (Å²) in [5.74, 6) is 0.854. The molecule has 7 nitrogen and oxygen atoms in total. The molecular formula is C27H35ClN4O3S. The zero-order valence-corrected chi connectivity index (χ0v) is 22.0. The van der Waals surface area contributed by atoms with Crippen molar-refractivity contribution >= 4 is 27.0 Å². The van der Waals surface area contributed by atoms with E-state index in [4.69, 9.17) is 10.1 Å². The molecule has 0 aliphatic heterocycles. The summed E-state index contributed by atoms with van der Waals surface area (Å²) in [6.07, 6.45) is 11.0. The first-order valence-corrected chi connectivity index (χ1v) is 14.4. The van der Waals surface area contributed by atoms with Crippen LogP contribution in [0.4, 0.5) is 0 Å². The molecule has 36 heavy (non-hydrogen) atoms. The van der Waals surface area contributed by atoms with Gasteiger partial charge in [0.15, 0.2) is 0 Å². The number of carbonyl (C=O) groups is 1. The van der Waals surface area contributed by atoms with Crippen molar-refractivity contribution in [3.05, 3.63) is 48.5 Å². The average Bonchev–Trinajstić information content (AvgIpc) is 3.24. The van der Waals surface area contributed by atoms with Crippen LogP contribution in [0.3, 0.4) is 0 Å². The summed E-state index contributed by atoms with van der Waals surface area (Å²) in [4.78, 5) is 18.9. The lowest BCUT2D eigenvalue weighted by Gasteiger charge is -2.33. The third-order valence-corrected chi connectivity index (χ3v) is 8.52. The summed E-state index contributed by atoms with van der Waals surface area (Å²) in [6.45, 7) is 0. The fraction of sp³-hybridized carbons (Fsp3) is 0.481. The van der Waals surface area contributed by atoms with Crippen LogP contribution in [0, 0.1) is 5.92 Å². The first kappa shape index (κ1) is 26.6. The van der Waals surface area contributed by atoms with Gasteiger partial charge in [0.05, 0.1) is 15.9 Å². The van der Waals surface area contributed by atoms with Gasteiger partial charge in [0.2, 0.25) is 15.9 Å².